The van der Waals surface area contributed by atoms with Crippen molar-refractivity contribution in [2.24, 2.45) is 28.3 Å². The van der Waals surface area contributed by atoms with Gasteiger partial charge in [0.05, 0.1) is 24.8 Å². The highest BCUT2D eigenvalue weighted by atomic mass is 16.7. The van der Waals surface area contributed by atoms with Gasteiger partial charge < -0.3 is 34.0 Å². The van der Waals surface area contributed by atoms with Crippen LogP contribution in [0.4, 0.5) is 4.79 Å². The fraction of sp³-hybridized carbons (Fsp3) is 0.625. The average Bonchev–Trinajstić information content (AvgIpc) is 3.16. The van der Waals surface area contributed by atoms with Gasteiger partial charge in [0.2, 0.25) is 5.79 Å². The Morgan fingerprint density at radius 1 is 0.983 bits per heavy atom. The Hall–Kier alpha value is -3.86. The molecule has 320 valence electrons. The summed E-state index contributed by atoms with van der Waals surface area (Å²) in [6.07, 6.45) is 9.46. The zero-order chi connectivity index (χ0) is 42.3. The van der Waals surface area contributed by atoms with Gasteiger partial charge in [-0.1, -0.05) is 63.9 Å². The summed E-state index contributed by atoms with van der Waals surface area (Å²) in [5, 5.41) is 24.8. The van der Waals surface area contributed by atoms with Gasteiger partial charge in [0.15, 0.2) is 0 Å². The Labute approximate surface area is 347 Å². The smallest absolute Gasteiger partial charge is 0.410 e. The van der Waals surface area contributed by atoms with Crippen LogP contribution in [-0.2, 0) is 14.3 Å². The molecule has 6 atom stereocenters. The number of hydrogen-bond acceptors (Lipinski definition) is 9. The van der Waals surface area contributed by atoms with Crippen molar-refractivity contribution >= 4 is 11.8 Å². The molecule has 6 unspecified atom stereocenters. The summed E-state index contributed by atoms with van der Waals surface area (Å²) in [7, 11) is 0. The second kappa shape index (κ2) is 19.5. The second-order valence-electron chi connectivity index (χ2n) is 18.6. The Morgan fingerprint density at radius 2 is 1.67 bits per heavy atom. The van der Waals surface area contributed by atoms with Gasteiger partial charge in [-0.3, -0.25) is 4.90 Å². The monoisotopic (exact) mass is 803 g/mol. The highest BCUT2D eigenvalue weighted by Crippen LogP contribution is 2.62. The van der Waals surface area contributed by atoms with E-state index in [1.54, 1.807) is 11.0 Å². The molecule has 1 saturated carbocycles. The molecule has 58 heavy (non-hydrogen) atoms. The first-order valence-electron chi connectivity index (χ1n) is 21.5. The number of aliphatic hydroxyl groups is 2. The minimum atomic E-state index is -1.35. The van der Waals surface area contributed by atoms with Gasteiger partial charge in [-0.2, -0.15) is 0 Å². The third-order valence-corrected chi connectivity index (χ3v) is 11.5. The lowest BCUT2D eigenvalue weighted by Gasteiger charge is -2.60. The molecule has 10 heteroatoms. The van der Waals surface area contributed by atoms with Gasteiger partial charge in [-0.05, 0) is 131 Å². The summed E-state index contributed by atoms with van der Waals surface area (Å²) in [4.78, 5) is 22.5. The number of oxime groups is 1. The van der Waals surface area contributed by atoms with Crippen molar-refractivity contribution < 1.29 is 38.8 Å². The molecule has 3 aliphatic rings. The summed E-state index contributed by atoms with van der Waals surface area (Å²) in [5.74, 6) is 0.418. The lowest BCUT2D eigenvalue weighted by molar-refractivity contribution is -0.255. The number of aryl methyl sites for hydroxylation is 2. The minimum absolute atomic E-state index is 0.0984. The molecule has 0 radical (unpaired) electrons. The van der Waals surface area contributed by atoms with E-state index in [2.05, 4.69) is 51.6 Å². The van der Waals surface area contributed by atoms with E-state index in [1.165, 1.54) is 5.56 Å². The standard InChI is InChI=1S/C48H70N2O8/c1-11-23-50(45(53)54-31-46(5,6)7)42-30-40(49-58-47(8,9)10)38-28-34(17-13-15-24-51)37(18-14-16-25-52)43-39-29-36(56-35-20-19-32(3)33(4)27-35)21-22-41(39)57-48(42,44(38)43)55-26-12-2/h12,19-22,27-29,34,37,42-44,51-52H,2,11,13-18,23-26,30-31H2,1,3-10H3. The van der Waals surface area contributed by atoms with Crippen LogP contribution in [0.1, 0.15) is 122 Å². The van der Waals surface area contributed by atoms with Crippen molar-refractivity contribution in [1.82, 2.24) is 4.90 Å². The number of carbonyl (C=O) groups is 1. The van der Waals surface area contributed by atoms with Crippen molar-refractivity contribution in [3.8, 4) is 17.2 Å². The molecule has 5 rings (SSSR count). The molecule has 1 heterocycles. The number of rotatable bonds is 18. The van der Waals surface area contributed by atoms with Crippen LogP contribution < -0.4 is 9.47 Å². The van der Waals surface area contributed by atoms with E-state index in [4.69, 9.17) is 28.9 Å². The number of allylic oxidation sites excluding steroid dienone is 1. The van der Waals surface area contributed by atoms with Crippen LogP contribution in [0.25, 0.3) is 0 Å². The number of ether oxygens (including phenoxy) is 4. The predicted octanol–water partition coefficient (Wildman–Crippen LogP) is 10.4. The molecule has 0 aromatic heterocycles. The maximum atomic E-state index is 14.4. The summed E-state index contributed by atoms with van der Waals surface area (Å²) in [6, 6.07) is 11.5. The highest BCUT2D eigenvalue weighted by molar-refractivity contribution is 6.03. The van der Waals surface area contributed by atoms with Gasteiger partial charge in [0.1, 0.15) is 28.9 Å². The van der Waals surface area contributed by atoms with Crippen LogP contribution in [0.5, 0.6) is 17.2 Å². The van der Waals surface area contributed by atoms with Crippen molar-refractivity contribution in [3.05, 3.63) is 77.4 Å². The molecule has 1 fully saturated rings. The molecular weight excluding hydrogens is 733 g/mol. The number of fused-ring (bicyclic) bond motifs is 2. The molecule has 10 nitrogen and oxygen atoms in total. The topological polar surface area (TPSA) is 119 Å². The third-order valence-electron chi connectivity index (χ3n) is 11.5. The number of amides is 1. The van der Waals surface area contributed by atoms with E-state index in [0.717, 1.165) is 53.8 Å². The first-order chi connectivity index (χ1) is 27.6. The summed E-state index contributed by atoms with van der Waals surface area (Å²) < 4.78 is 27.1. The number of carbonyl (C=O) groups excluding carboxylic acids is 1. The third kappa shape index (κ3) is 10.7. The fourth-order valence-corrected chi connectivity index (χ4v) is 8.79. The van der Waals surface area contributed by atoms with E-state index in [0.29, 0.717) is 43.7 Å². The van der Waals surface area contributed by atoms with Gasteiger partial charge in [-0.25, -0.2) is 4.79 Å². The SMILES string of the molecule is C=CCOC12Oc3ccc(Oc4ccc(C)c(C)c4)cc3C3C(CCCCO)C(CCCCO)C=C(C(=NOC(C)(C)C)CC1N(CCC)C(=O)OCC(C)(C)C)C32. The van der Waals surface area contributed by atoms with Crippen LogP contribution >= 0.6 is 0 Å². The quantitative estimate of drug-likeness (QED) is 0.0869. The Bertz CT molecular complexity index is 1770. The molecule has 2 aliphatic carbocycles. The summed E-state index contributed by atoms with van der Waals surface area (Å²) >= 11 is 0. The zero-order valence-corrected chi connectivity index (χ0v) is 36.6. The van der Waals surface area contributed by atoms with Crippen LogP contribution in [0, 0.1) is 37.0 Å². The molecule has 0 bridgehead atoms. The van der Waals surface area contributed by atoms with Crippen LogP contribution in [-0.4, -0.2) is 77.3 Å². The van der Waals surface area contributed by atoms with Gasteiger partial charge >= 0.3 is 6.09 Å². The van der Waals surface area contributed by atoms with Crippen LogP contribution in [0.3, 0.4) is 0 Å². The number of benzene rings is 2. The lowest BCUT2D eigenvalue weighted by Crippen LogP contribution is -2.70. The normalized spacial score (nSPS) is 24.6. The van der Waals surface area contributed by atoms with Gasteiger partial charge in [0.25, 0.3) is 0 Å². The van der Waals surface area contributed by atoms with Crippen molar-refractivity contribution in [3.63, 3.8) is 0 Å². The van der Waals surface area contributed by atoms with Crippen molar-refractivity contribution in [2.75, 3.05) is 33.0 Å². The zero-order valence-electron chi connectivity index (χ0n) is 36.6. The average molecular weight is 803 g/mol. The number of hydrogen-bond donors (Lipinski definition) is 2. The molecule has 0 spiro atoms. The molecule has 2 aromatic carbocycles. The molecule has 1 amide bonds. The fourth-order valence-electron chi connectivity index (χ4n) is 8.79. The van der Waals surface area contributed by atoms with E-state index in [9.17, 15) is 15.0 Å². The van der Waals surface area contributed by atoms with Crippen molar-refractivity contribution in [2.45, 2.75) is 137 Å². The molecule has 2 N–H and O–H groups in total. The Morgan fingerprint density at radius 3 is 2.31 bits per heavy atom. The Balaban J connectivity index is 1.79. The largest absolute Gasteiger partial charge is 0.459 e. The summed E-state index contributed by atoms with van der Waals surface area (Å²) in [6.45, 7) is 23.4. The maximum Gasteiger partial charge on any atom is 0.410 e. The number of nitrogens with zero attached hydrogens (tertiary/aromatic N) is 2. The van der Waals surface area contributed by atoms with Crippen LogP contribution in [0.15, 0.2) is 65.9 Å². The highest BCUT2D eigenvalue weighted by Gasteiger charge is 2.65. The molecular formula is C48H70N2O8. The van der Waals surface area contributed by atoms with E-state index < -0.39 is 29.4 Å². The minimum Gasteiger partial charge on any atom is -0.459 e. The number of unbranched alkanes of at least 4 members (excludes halogenated alkanes) is 2. The summed E-state index contributed by atoms with van der Waals surface area (Å²) in [5.41, 5.74) is 4.29. The maximum absolute atomic E-state index is 14.4. The molecule has 0 saturated heterocycles. The molecule has 2 aromatic rings. The van der Waals surface area contributed by atoms with Crippen LogP contribution in [0.2, 0.25) is 0 Å². The van der Waals surface area contributed by atoms with Gasteiger partial charge in [0, 0.05) is 37.7 Å². The van der Waals surface area contributed by atoms with Crippen molar-refractivity contribution in [1.29, 1.82) is 0 Å². The predicted molar refractivity (Wildman–Crippen MR) is 230 cm³/mol. The van der Waals surface area contributed by atoms with E-state index in [-0.39, 0.29) is 49.6 Å². The Kier molecular flexibility index (Phi) is 15.2. The molecule has 1 aliphatic heterocycles. The van der Waals surface area contributed by atoms with E-state index in [1.807, 2.05) is 59.7 Å². The first-order valence-corrected chi connectivity index (χ1v) is 21.5. The first kappa shape index (κ1) is 45.2. The number of aliphatic hydroxyl groups excluding tert-OH is 2. The van der Waals surface area contributed by atoms with E-state index >= 15 is 0 Å². The van der Waals surface area contributed by atoms with Gasteiger partial charge in [-0.15, -0.1) is 6.58 Å². The second-order valence-corrected chi connectivity index (χ2v) is 18.6. The lowest BCUT2D eigenvalue weighted by atomic mass is 9.55.